The second-order valence-electron chi connectivity index (χ2n) is 7.78. The molecule has 0 saturated carbocycles. The average Bonchev–Trinajstić information content (AvgIpc) is 3.19. The molecule has 3 N–H and O–H groups in total. The number of hydrogen-bond donors (Lipinski definition) is 3. The summed E-state index contributed by atoms with van der Waals surface area (Å²) in [6.45, 7) is 1.76. The molecule has 1 aliphatic rings. The van der Waals surface area contributed by atoms with Gasteiger partial charge in [0.2, 0.25) is 0 Å². The van der Waals surface area contributed by atoms with Gasteiger partial charge in [-0.15, -0.1) is 11.3 Å². The Kier molecular flexibility index (Phi) is 6.32. The van der Waals surface area contributed by atoms with E-state index in [2.05, 4.69) is 6.07 Å². The molecule has 2 aromatic carbocycles. The van der Waals surface area contributed by atoms with Crippen LogP contribution < -0.4 is 0 Å². The van der Waals surface area contributed by atoms with Gasteiger partial charge in [0.1, 0.15) is 18.0 Å². The molecule has 1 fully saturated rings. The molecule has 158 valence electrons. The van der Waals surface area contributed by atoms with Crippen LogP contribution in [0.25, 0.3) is 10.4 Å². The van der Waals surface area contributed by atoms with Crippen molar-refractivity contribution in [3.63, 3.8) is 0 Å². The summed E-state index contributed by atoms with van der Waals surface area (Å²) in [4.78, 5) is 2.27. The van der Waals surface area contributed by atoms with Crippen molar-refractivity contribution < 1.29 is 24.4 Å². The fourth-order valence-corrected chi connectivity index (χ4v) is 4.88. The zero-order chi connectivity index (χ0) is 21.3. The topological polar surface area (TPSA) is 69.9 Å². The molecule has 2 heterocycles. The van der Waals surface area contributed by atoms with Crippen LogP contribution in [0, 0.1) is 12.7 Å². The molecular formula is C24H25FO4S. The van der Waals surface area contributed by atoms with Gasteiger partial charge in [-0.2, -0.15) is 0 Å². The van der Waals surface area contributed by atoms with E-state index in [1.54, 1.807) is 23.5 Å². The molecule has 4 atom stereocenters. The lowest BCUT2D eigenvalue weighted by Crippen LogP contribution is -2.44. The summed E-state index contributed by atoms with van der Waals surface area (Å²) in [6.07, 6.45) is -2.07. The Hall–Kier alpha value is -2.09. The number of aliphatic hydroxyl groups excluding tert-OH is 3. The van der Waals surface area contributed by atoms with E-state index in [4.69, 9.17) is 4.74 Å². The Balaban J connectivity index is 1.55. The van der Waals surface area contributed by atoms with E-state index in [1.165, 1.54) is 17.0 Å². The van der Waals surface area contributed by atoms with Crippen LogP contribution in [0.3, 0.4) is 0 Å². The molecule has 3 aromatic rings. The van der Waals surface area contributed by atoms with Crippen LogP contribution in [0.2, 0.25) is 0 Å². The fraction of sp³-hybridized carbons (Fsp3) is 0.333. The third kappa shape index (κ3) is 4.48. The predicted molar refractivity (Wildman–Crippen MR) is 115 cm³/mol. The number of ether oxygens (including phenoxy) is 1. The molecule has 1 aliphatic heterocycles. The van der Waals surface area contributed by atoms with E-state index < -0.39 is 24.4 Å². The number of benzene rings is 2. The number of aliphatic hydroxyl groups is 3. The molecule has 6 heteroatoms. The lowest BCUT2D eigenvalue weighted by Gasteiger charge is -2.37. The Morgan fingerprint density at radius 1 is 1.03 bits per heavy atom. The monoisotopic (exact) mass is 428 g/mol. The summed E-state index contributed by atoms with van der Waals surface area (Å²) in [5.41, 5.74) is 4.09. The molecule has 4 nitrogen and oxygen atoms in total. The number of rotatable bonds is 5. The van der Waals surface area contributed by atoms with Crippen LogP contribution in [0.4, 0.5) is 4.39 Å². The summed E-state index contributed by atoms with van der Waals surface area (Å²) < 4.78 is 19.0. The first kappa shape index (κ1) is 21.2. The van der Waals surface area contributed by atoms with Gasteiger partial charge in [0.05, 0.1) is 18.8 Å². The third-order valence-corrected chi connectivity index (χ3v) is 6.75. The van der Waals surface area contributed by atoms with Gasteiger partial charge < -0.3 is 20.1 Å². The second-order valence-corrected chi connectivity index (χ2v) is 8.95. The second kappa shape index (κ2) is 8.96. The van der Waals surface area contributed by atoms with Gasteiger partial charge in [0.15, 0.2) is 0 Å². The Morgan fingerprint density at radius 3 is 2.53 bits per heavy atom. The highest BCUT2D eigenvalue weighted by atomic mass is 32.1. The summed E-state index contributed by atoms with van der Waals surface area (Å²) in [5.74, 6) is -0.244. The predicted octanol–water partition coefficient (Wildman–Crippen LogP) is 4.00. The summed E-state index contributed by atoms with van der Waals surface area (Å²) >= 11 is 1.67. The maximum absolute atomic E-state index is 13.2. The highest BCUT2D eigenvalue weighted by Gasteiger charge is 2.36. The largest absolute Gasteiger partial charge is 0.394 e. The number of hydrogen-bond acceptors (Lipinski definition) is 5. The van der Waals surface area contributed by atoms with Gasteiger partial charge in [-0.25, -0.2) is 4.39 Å². The van der Waals surface area contributed by atoms with Gasteiger partial charge >= 0.3 is 0 Å². The van der Waals surface area contributed by atoms with E-state index >= 15 is 0 Å². The van der Waals surface area contributed by atoms with Crippen molar-refractivity contribution in [1.29, 1.82) is 0 Å². The number of thiophene rings is 1. The first-order valence-corrected chi connectivity index (χ1v) is 10.8. The molecule has 4 rings (SSSR count). The van der Waals surface area contributed by atoms with Crippen LogP contribution in [-0.2, 0) is 11.2 Å². The highest BCUT2D eigenvalue weighted by molar-refractivity contribution is 7.15. The van der Waals surface area contributed by atoms with Crippen LogP contribution in [0.1, 0.15) is 34.1 Å². The van der Waals surface area contributed by atoms with Gasteiger partial charge in [0.25, 0.3) is 0 Å². The molecule has 30 heavy (non-hydrogen) atoms. The van der Waals surface area contributed by atoms with Crippen LogP contribution in [-0.4, -0.2) is 40.2 Å². The van der Waals surface area contributed by atoms with Gasteiger partial charge in [-0.05, 0) is 53.4 Å². The third-order valence-electron chi connectivity index (χ3n) is 5.62. The number of aryl methyl sites for hydroxylation is 1. The standard InChI is InChI=1S/C24H25FO4S/c1-14-2-3-16(24-21(28)12-20(27)22(13-26)29-24)10-17(14)11-19-8-9-23(30-19)15-4-6-18(25)7-5-15/h2-10,20-22,24,26-28H,11-13H2,1H3/t20-,21+,22?,24-/m0/s1. The van der Waals surface area contributed by atoms with E-state index in [0.29, 0.717) is 0 Å². The maximum Gasteiger partial charge on any atom is 0.123 e. The van der Waals surface area contributed by atoms with Crippen molar-refractivity contribution >= 4 is 11.3 Å². The summed E-state index contributed by atoms with van der Waals surface area (Å²) in [5, 5.41) is 29.8. The van der Waals surface area contributed by atoms with Crippen molar-refractivity contribution in [2.45, 2.75) is 44.2 Å². The zero-order valence-electron chi connectivity index (χ0n) is 16.7. The van der Waals surface area contributed by atoms with E-state index in [0.717, 1.165) is 33.6 Å². The minimum absolute atomic E-state index is 0.172. The molecule has 1 aromatic heterocycles. The minimum atomic E-state index is -0.873. The van der Waals surface area contributed by atoms with Crippen molar-refractivity contribution in [2.24, 2.45) is 0 Å². The van der Waals surface area contributed by atoms with Crippen LogP contribution in [0.5, 0.6) is 0 Å². The normalized spacial score (nSPS) is 24.2. The van der Waals surface area contributed by atoms with Crippen LogP contribution >= 0.6 is 11.3 Å². The Bertz CT molecular complexity index is 1000. The smallest absolute Gasteiger partial charge is 0.123 e. The van der Waals surface area contributed by atoms with E-state index in [-0.39, 0.29) is 18.8 Å². The van der Waals surface area contributed by atoms with Gasteiger partial charge in [-0.1, -0.05) is 30.3 Å². The summed E-state index contributed by atoms with van der Waals surface area (Å²) in [7, 11) is 0. The average molecular weight is 429 g/mol. The first-order valence-electron chi connectivity index (χ1n) is 10.0. The molecule has 0 radical (unpaired) electrons. The minimum Gasteiger partial charge on any atom is -0.394 e. The van der Waals surface area contributed by atoms with Crippen molar-refractivity contribution in [3.05, 3.63) is 82.0 Å². The Labute approximate surface area is 179 Å². The molecule has 0 spiro atoms. The Morgan fingerprint density at radius 2 is 1.80 bits per heavy atom. The van der Waals surface area contributed by atoms with Gasteiger partial charge in [-0.3, -0.25) is 0 Å². The van der Waals surface area contributed by atoms with E-state index in [9.17, 15) is 19.7 Å². The fourth-order valence-electron chi connectivity index (χ4n) is 3.85. The lowest BCUT2D eigenvalue weighted by atomic mass is 9.91. The van der Waals surface area contributed by atoms with Gasteiger partial charge in [0, 0.05) is 22.6 Å². The summed E-state index contributed by atoms with van der Waals surface area (Å²) in [6, 6.07) is 16.6. The lowest BCUT2D eigenvalue weighted by molar-refractivity contribution is -0.181. The van der Waals surface area contributed by atoms with E-state index in [1.807, 2.05) is 31.2 Å². The van der Waals surface area contributed by atoms with Crippen molar-refractivity contribution in [1.82, 2.24) is 0 Å². The SMILES string of the molecule is Cc1ccc([C@@H]2OC(CO)[C@@H](O)C[C@H]2O)cc1Cc1ccc(-c2ccc(F)cc2)s1. The number of halogens is 1. The quantitative estimate of drug-likeness (QED) is 0.575. The maximum atomic E-state index is 13.2. The molecule has 0 amide bonds. The highest BCUT2D eigenvalue weighted by Crippen LogP contribution is 2.34. The molecule has 0 bridgehead atoms. The van der Waals surface area contributed by atoms with Crippen molar-refractivity contribution in [2.75, 3.05) is 6.61 Å². The van der Waals surface area contributed by atoms with Crippen LogP contribution in [0.15, 0.2) is 54.6 Å². The molecule has 0 aliphatic carbocycles. The zero-order valence-corrected chi connectivity index (χ0v) is 17.5. The molecule has 1 saturated heterocycles. The molecular weight excluding hydrogens is 403 g/mol. The first-order chi connectivity index (χ1) is 14.4. The molecule has 1 unspecified atom stereocenters. The van der Waals surface area contributed by atoms with Crippen molar-refractivity contribution in [3.8, 4) is 10.4 Å².